The second kappa shape index (κ2) is 11.5. The van der Waals surface area contributed by atoms with E-state index in [1.54, 1.807) is 0 Å². The van der Waals surface area contributed by atoms with E-state index in [-0.39, 0.29) is 13.6 Å². The number of ether oxygens (including phenoxy) is 4. The third-order valence-corrected chi connectivity index (χ3v) is 4.68. The predicted molar refractivity (Wildman–Crippen MR) is 107 cm³/mol. The molecule has 2 aromatic rings. The largest absolute Gasteiger partial charge is 0.465 e. The number of rotatable bonds is 12. The minimum atomic E-state index is 0.125. The van der Waals surface area contributed by atoms with E-state index in [4.69, 9.17) is 42.1 Å². The summed E-state index contributed by atoms with van der Waals surface area (Å²) in [6.07, 6.45) is 4.12. The van der Waals surface area contributed by atoms with Crippen molar-refractivity contribution in [2.75, 3.05) is 26.8 Å². The van der Waals surface area contributed by atoms with Gasteiger partial charge < -0.3 is 18.9 Å². The summed E-state index contributed by atoms with van der Waals surface area (Å²) in [5.74, 6) is 1.01. The molecule has 0 amide bonds. The topological polar surface area (TPSA) is 36.9 Å². The molecule has 0 saturated heterocycles. The monoisotopic (exact) mass is 400 g/mol. The highest BCUT2D eigenvalue weighted by atomic mass is 35.5. The Morgan fingerprint density at radius 3 is 1.54 bits per heavy atom. The molecule has 2 aromatic carbocycles. The van der Waals surface area contributed by atoms with Crippen molar-refractivity contribution in [3.05, 3.63) is 34.3 Å². The molecule has 0 radical (unpaired) electrons. The van der Waals surface area contributed by atoms with Crippen molar-refractivity contribution in [1.29, 1.82) is 0 Å². The zero-order valence-corrected chi connectivity index (χ0v) is 16.9. The van der Waals surface area contributed by atoms with Crippen molar-refractivity contribution in [2.45, 2.75) is 39.5 Å². The molecule has 26 heavy (non-hydrogen) atoms. The number of fused-ring (bicyclic) bond motifs is 1. The van der Waals surface area contributed by atoms with Crippen LogP contribution in [0.4, 0.5) is 0 Å². The van der Waals surface area contributed by atoms with Gasteiger partial charge in [-0.2, -0.15) is 0 Å². The number of unbranched alkanes of at least 4 members (excludes halogenated alkanes) is 2. The maximum Gasteiger partial charge on any atom is 0.189 e. The minimum Gasteiger partial charge on any atom is -0.465 e. The number of hydrogen-bond acceptors (Lipinski definition) is 4. The first kappa shape index (κ1) is 21.1. The Labute approximate surface area is 165 Å². The summed E-state index contributed by atoms with van der Waals surface area (Å²) in [6.45, 7) is 5.77. The molecule has 0 fully saturated rings. The fraction of sp³-hybridized carbons (Fsp3) is 0.500. The van der Waals surface area contributed by atoms with Crippen LogP contribution in [0.1, 0.15) is 39.5 Å². The van der Waals surface area contributed by atoms with Crippen LogP contribution in [0.15, 0.2) is 24.3 Å². The summed E-state index contributed by atoms with van der Waals surface area (Å²) in [7, 11) is 0. The van der Waals surface area contributed by atoms with E-state index in [0.717, 1.165) is 36.5 Å². The van der Waals surface area contributed by atoms with E-state index in [2.05, 4.69) is 13.8 Å². The Bertz CT molecular complexity index is 633. The SMILES string of the molecule is CCCCOCOc1c(Cl)c(Cl)c(OCOCCCC)c2ccccc12. The van der Waals surface area contributed by atoms with E-state index in [0.29, 0.717) is 34.8 Å². The van der Waals surface area contributed by atoms with Crippen LogP contribution < -0.4 is 9.47 Å². The van der Waals surface area contributed by atoms with Crippen molar-refractivity contribution in [2.24, 2.45) is 0 Å². The Morgan fingerprint density at radius 1 is 0.731 bits per heavy atom. The zero-order chi connectivity index (χ0) is 18.8. The molecule has 4 nitrogen and oxygen atoms in total. The Balaban J connectivity index is 2.18. The van der Waals surface area contributed by atoms with Crippen LogP contribution in [0.2, 0.25) is 10.0 Å². The first-order valence-corrected chi connectivity index (χ1v) is 9.77. The smallest absolute Gasteiger partial charge is 0.189 e. The quantitative estimate of drug-likeness (QED) is 0.302. The zero-order valence-electron chi connectivity index (χ0n) is 15.4. The van der Waals surface area contributed by atoms with Crippen LogP contribution in [0.3, 0.4) is 0 Å². The summed E-state index contributed by atoms with van der Waals surface area (Å²) in [5, 5.41) is 2.27. The van der Waals surface area contributed by atoms with Gasteiger partial charge in [0, 0.05) is 10.8 Å². The molecule has 0 aromatic heterocycles. The van der Waals surface area contributed by atoms with Gasteiger partial charge in [-0.1, -0.05) is 74.2 Å². The summed E-state index contributed by atoms with van der Waals surface area (Å²) < 4.78 is 22.5. The van der Waals surface area contributed by atoms with Gasteiger partial charge in [0.05, 0.1) is 13.2 Å². The third kappa shape index (κ3) is 5.65. The van der Waals surface area contributed by atoms with Crippen LogP contribution in [0, 0.1) is 0 Å². The van der Waals surface area contributed by atoms with Crippen LogP contribution in [0.25, 0.3) is 10.8 Å². The lowest BCUT2D eigenvalue weighted by Crippen LogP contribution is -2.07. The van der Waals surface area contributed by atoms with E-state index in [9.17, 15) is 0 Å². The second-order valence-electron chi connectivity index (χ2n) is 5.88. The predicted octanol–water partition coefficient (Wildman–Crippen LogP) is 6.45. The van der Waals surface area contributed by atoms with E-state index >= 15 is 0 Å². The molecule has 0 saturated carbocycles. The van der Waals surface area contributed by atoms with Crippen LogP contribution in [0.5, 0.6) is 11.5 Å². The molecule has 0 N–H and O–H groups in total. The molecule has 0 aliphatic heterocycles. The maximum atomic E-state index is 6.45. The van der Waals surface area contributed by atoms with Gasteiger partial charge in [-0.05, 0) is 12.8 Å². The second-order valence-corrected chi connectivity index (χ2v) is 6.64. The van der Waals surface area contributed by atoms with Gasteiger partial charge in [0.1, 0.15) is 10.0 Å². The Kier molecular flexibility index (Phi) is 9.33. The molecule has 0 aliphatic carbocycles. The molecule has 0 heterocycles. The average Bonchev–Trinajstić information content (AvgIpc) is 2.66. The van der Waals surface area contributed by atoms with Gasteiger partial charge in [0.2, 0.25) is 0 Å². The summed E-state index contributed by atoms with van der Waals surface area (Å²) in [4.78, 5) is 0. The van der Waals surface area contributed by atoms with Crippen molar-refractivity contribution in [1.82, 2.24) is 0 Å². The molecular formula is C20H26Cl2O4. The number of benzene rings is 2. The van der Waals surface area contributed by atoms with Gasteiger partial charge in [-0.3, -0.25) is 0 Å². The molecule has 0 unspecified atom stereocenters. The fourth-order valence-electron chi connectivity index (χ4n) is 2.41. The normalized spacial score (nSPS) is 11.1. The van der Waals surface area contributed by atoms with Crippen molar-refractivity contribution in [3.63, 3.8) is 0 Å². The molecule has 0 aliphatic rings. The molecule has 0 atom stereocenters. The lowest BCUT2D eigenvalue weighted by Gasteiger charge is -2.17. The fourth-order valence-corrected chi connectivity index (χ4v) is 2.89. The molecule has 2 rings (SSSR count). The number of halogens is 2. The molecule has 144 valence electrons. The van der Waals surface area contributed by atoms with Crippen LogP contribution in [-0.2, 0) is 9.47 Å². The minimum absolute atomic E-state index is 0.125. The molecule has 6 heteroatoms. The molecule has 0 spiro atoms. The summed E-state index contributed by atoms with van der Waals surface area (Å²) in [5.41, 5.74) is 0. The first-order chi connectivity index (χ1) is 12.7. The maximum absolute atomic E-state index is 6.45. The summed E-state index contributed by atoms with van der Waals surface area (Å²) >= 11 is 12.9. The Morgan fingerprint density at radius 2 is 1.15 bits per heavy atom. The van der Waals surface area contributed by atoms with Gasteiger partial charge in [-0.15, -0.1) is 0 Å². The van der Waals surface area contributed by atoms with Crippen molar-refractivity contribution < 1.29 is 18.9 Å². The van der Waals surface area contributed by atoms with E-state index in [1.165, 1.54) is 0 Å². The standard InChI is InChI=1S/C20H26Cl2O4/c1-3-5-11-23-13-25-19-15-9-7-8-10-16(15)20(18(22)17(19)21)26-14-24-12-6-4-2/h7-10H,3-6,11-14H2,1-2H3. The average molecular weight is 401 g/mol. The van der Waals surface area contributed by atoms with Crippen molar-refractivity contribution in [3.8, 4) is 11.5 Å². The third-order valence-electron chi connectivity index (χ3n) is 3.87. The highest BCUT2D eigenvalue weighted by molar-refractivity contribution is 6.45. The van der Waals surface area contributed by atoms with Gasteiger partial charge in [-0.25, -0.2) is 0 Å². The molecular weight excluding hydrogens is 375 g/mol. The Hall–Kier alpha value is -1.20. The van der Waals surface area contributed by atoms with Gasteiger partial charge in [0.15, 0.2) is 25.1 Å². The van der Waals surface area contributed by atoms with Crippen molar-refractivity contribution >= 4 is 34.0 Å². The van der Waals surface area contributed by atoms with Crippen LogP contribution >= 0.6 is 23.2 Å². The first-order valence-electron chi connectivity index (χ1n) is 9.01. The van der Waals surface area contributed by atoms with Gasteiger partial charge in [0.25, 0.3) is 0 Å². The number of hydrogen-bond donors (Lipinski definition) is 0. The van der Waals surface area contributed by atoms with Gasteiger partial charge >= 0.3 is 0 Å². The highest BCUT2D eigenvalue weighted by Crippen LogP contribution is 2.46. The molecule has 0 bridgehead atoms. The van der Waals surface area contributed by atoms with Crippen LogP contribution in [-0.4, -0.2) is 26.8 Å². The lowest BCUT2D eigenvalue weighted by atomic mass is 10.1. The lowest BCUT2D eigenvalue weighted by molar-refractivity contribution is 0.0132. The highest BCUT2D eigenvalue weighted by Gasteiger charge is 2.19. The summed E-state index contributed by atoms with van der Waals surface area (Å²) in [6, 6.07) is 7.67. The van der Waals surface area contributed by atoms with E-state index < -0.39 is 0 Å². The van der Waals surface area contributed by atoms with E-state index in [1.807, 2.05) is 24.3 Å².